The lowest BCUT2D eigenvalue weighted by atomic mass is 9.73. The number of methoxy groups -OCH3 is 1. The summed E-state index contributed by atoms with van der Waals surface area (Å²) in [7, 11) is 4.67. The molecule has 16 nitrogen and oxygen atoms in total. The number of aliphatic hydroxyl groups is 2. The van der Waals surface area contributed by atoms with Crippen LogP contribution in [0.5, 0.6) is 0 Å². The van der Waals surface area contributed by atoms with Gasteiger partial charge in [-0.05, 0) is 73.0 Å². The lowest BCUT2D eigenvalue weighted by molar-refractivity contribution is -0.313. The van der Waals surface area contributed by atoms with Crippen molar-refractivity contribution < 1.29 is 57.5 Å². The van der Waals surface area contributed by atoms with Crippen LogP contribution in [0.4, 0.5) is 9.18 Å². The van der Waals surface area contributed by atoms with E-state index in [0.29, 0.717) is 12.8 Å². The lowest BCUT2D eigenvalue weighted by Gasteiger charge is -2.48. The van der Waals surface area contributed by atoms with E-state index >= 15 is 4.39 Å². The van der Waals surface area contributed by atoms with Crippen molar-refractivity contribution >= 4 is 23.6 Å². The second kappa shape index (κ2) is 17.0. The Morgan fingerprint density at radius 3 is 2.25 bits per heavy atom. The number of cyclic esters (lactones) is 1. The van der Waals surface area contributed by atoms with Crippen LogP contribution in [0.15, 0.2) is 5.11 Å². The van der Waals surface area contributed by atoms with Gasteiger partial charge in [-0.25, -0.2) is 14.0 Å². The number of amides is 1. The van der Waals surface area contributed by atoms with Gasteiger partial charge in [-0.15, -0.1) is 0 Å². The molecule has 0 aromatic carbocycles. The number of fused-ring (bicyclic) bond motifs is 1. The average Bonchev–Trinajstić information content (AvgIpc) is 3.34. The van der Waals surface area contributed by atoms with Gasteiger partial charge in [-0.1, -0.05) is 32.8 Å². The van der Waals surface area contributed by atoms with Gasteiger partial charge in [0.25, 0.3) is 5.67 Å². The summed E-state index contributed by atoms with van der Waals surface area (Å²) in [5.74, 6) is -6.14. The lowest BCUT2D eigenvalue weighted by Crippen LogP contribution is -2.64. The van der Waals surface area contributed by atoms with Gasteiger partial charge in [0.2, 0.25) is 0 Å². The van der Waals surface area contributed by atoms with Crippen molar-refractivity contribution in [3.05, 3.63) is 10.4 Å². The summed E-state index contributed by atoms with van der Waals surface area (Å²) in [5, 5.41) is 25.7. The average molecular weight is 744 g/mol. The Labute approximate surface area is 305 Å². The zero-order valence-electron chi connectivity index (χ0n) is 32.3. The van der Waals surface area contributed by atoms with Crippen molar-refractivity contribution in [3.8, 4) is 0 Å². The van der Waals surface area contributed by atoms with Gasteiger partial charge in [-0.3, -0.25) is 9.59 Å². The molecule has 296 valence electrons. The Kier molecular flexibility index (Phi) is 14.3. The standard InChI is InChI=1S/C35H58FN5O11/c1-12-22-35(8)27(41(32(47)52-35)16-14-13-15-38-39-37)19(3)24(42)18(2)17-33(6,48-11)29(20(4)28(45)34(7,36)31(46)50-22)51-30-26(44)23(40(9)10)25(43)21(5)49-30/h18-23,25-27,29-30,43-44H,12-17H2,1-11H3/t18-,19+,20+,21?,22-,23?,25?,26?,27-,29-,30?,33+,34+,35-/m1/s1. The molecule has 1 amide bonds. The molecule has 3 heterocycles. The zero-order valence-corrected chi connectivity index (χ0v) is 32.3. The van der Waals surface area contributed by atoms with Crippen LogP contribution < -0.4 is 0 Å². The number of likely N-dealkylation sites (N-methyl/N-ethyl adjacent to an activating group) is 1. The number of hydrogen-bond acceptors (Lipinski definition) is 13. The fraction of sp³-hybridized carbons (Fsp3) is 0.886. The topological polar surface area (TPSA) is 210 Å². The van der Waals surface area contributed by atoms with Gasteiger partial charge in [0.05, 0.1) is 36.0 Å². The van der Waals surface area contributed by atoms with Crippen molar-refractivity contribution in [2.75, 3.05) is 34.3 Å². The number of hydrogen-bond donors (Lipinski definition) is 2. The van der Waals surface area contributed by atoms with E-state index in [4.69, 9.17) is 29.2 Å². The first-order chi connectivity index (χ1) is 24.1. The predicted molar refractivity (Wildman–Crippen MR) is 185 cm³/mol. The minimum absolute atomic E-state index is 0.0501. The van der Waals surface area contributed by atoms with Crippen LogP contribution in [0.25, 0.3) is 10.4 Å². The maximum absolute atomic E-state index is 16.7. The number of Topliss-reactive ketones (excluding diaryl/α,β-unsaturated/α-hetero) is 2. The molecule has 5 unspecified atom stereocenters. The Hall–Kier alpha value is -2.92. The number of esters is 1. The molecule has 14 atom stereocenters. The Morgan fingerprint density at radius 2 is 1.69 bits per heavy atom. The van der Waals surface area contributed by atoms with E-state index in [1.54, 1.807) is 53.6 Å². The molecule has 3 aliphatic rings. The van der Waals surface area contributed by atoms with Crippen LogP contribution in [0, 0.1) is 17.8 Å². The van der Waals surface area contributed by atoms with Crippen LogP contribution in [0.2, 0.25) is 0 Å². The van der Waals surface area contributed by atoms with Crippen molar-refractivity contribution in [1.29, 1.82) is 0 Å². The molecule has 0 aromatic rings. The van der Waals surface area contributed by atoms with Gasteiger partial charge >= 0.3 is 12.1 Å². The van der Waals surface area contributed by atoms with Crippen LogP contribution in [0.3, 0.4) is 0 Å². The molecule has 17 heteroatoms. The summed E-state index contributed by atoms with van der Waals surface area (Å²) in [6, 6.07) is -1.81. The molecular formula is C35H58FN5O11. The smallest absolute Gasteiger partial charge is 0.410 e. The number of aliphatic hydroxyl groups excluding tert-OH is 2. The number of ketones is 2. The summed E-state index contributed by atoms with van der Waals surface area (Å²) in [6.45, 7) is 12.2. The van der Waals surface area contributed by atoms with Gasteiger partial charge < -0.3 is 43.7 Å². The molecular weight excluding hydrogens is 685 g/mol. The molecule has 2 N–H and O–H groups in total. The van der Waals surface area contributed by atoms with Gasteiger partial charge in [0, 0.05) is 42.9 Å². The number of carbonyl (C=O) groups is 4. The highest BCUT2D eigenvalue weighted by Crippen LogP contribution is 2.43. The molecule has 52 heavy (non-hydrogen) atoms. The van der Waals surface area contributed by atoms with Crippen molar-refractivity contribution in [2.24, 2.45) is 22.9 Å². The summed E-state index contributed by atoms with van der Waals surface area (Å²) in [6.07, 6.45) is -7.36. The molecule has 3 rings (SSSR count). The minimum Gasteiger partial charge on any atom is -0.455 e. The fourth-order valence-corrected chi connectivity index (χ4v) is 8.30. The quantitative estimate of drug-likeness (QED) is 0.0825. The Morgan fingerprint density at radius 1 is 1.06 bits per heavy atom. The van der Waals surface area contributed by atoms with Crippen LogP contribution >= 0.6 is 0 Å². The second-order valence-electron chi connectivity index (χ2n) is 15.3. The third-order valence-corrected chi connectivity index (χ3v) is 11.3. The highest BCUT2D eigenvalue weighted by atomic mass is 19.1. The van der Waals surface area contributed by atoms with Gasteiger partial charge in [-0.2, -0.15) is 0 Å². The largest absolute Gasteiger partial charge is 0.455 e. The summed E-state index contributed by atoms with van der Waals surface area (Å²) in [5.41, 5.74) is 2.28. The summed E-state index contributed by atoms with van der Waals surface area (Å²) < 4.78 is 46.6. The highest BCUT2D eigenvalue weighted by Gasteiger charge is 2.62. The molecule has 3 saturated heterocycles. The number of rotatable bonds is 10. The normalized spacial score (nSPS) is 42.3. The molecule has 0 aliphatic carbocycles. The van der Waals surface area contributed by atoms with Crippen LogP contribution in [0.1, 0.15) is 81.1 Å². The number of halogens is 1. The number of unbranched alkanes of at least 4 members (excludes halogenated alkanes) is 1. The maximum Gasteiger partial charge on any atom is 0.410 e. The van der Waals surface area contributed by atoms with E-state index in [0.717, 1.165) is 6.92 Å². The number of azide groups is 1. The van der Waals surface area contributed by atoms with Gasteiger partial charge in [0.15, 0.2) is 17.7 Å². The summed E-state index contributed by atoms with van der Waals surface area (Å²) in [4.78, 5) is 61.5. The first-order valence-electron chi connectivity index (χ1n) is 18.0. The highest BCUT2D eigenvalue weighted by molar-refractivity contribution is 6.08. The SMILES string of the molecule is CC[C@H]1OC(=O)[C@@](C)(F)C(=O)[C@H](C)[C@@H](OC2OC(C)C(O)C(N(C)C)C2O)[C@@](C)(OC)C[C@@H](C)C(=O)[C@H](C)[C@H]2N(CCCCN=[N+]=[N-])C(=O)O[C@]12C. The van der Waals surface area contributed by atoms with E-state index in [-0.39, 0.29) is 31.7 Å². The first-order valence-corrected chi connectivity index (χ1v) is 18.0. The Balaban J connectivity index is 2.15. The van der Waals surface area contributed by atoms with Crippen LogP contribution in [-0.4, -0.2) is 144 Å². The molecule has 0 bridgehead atoms. The number of alkyl halides is 1. The molecule has 0 saturated carbocycles. The third kappa shape index (κ3) is 8.40. The van der Waals surface area contributed by atoms with E-state index in [9.17, 15) is 29.4 Å². The monoisotopic (exact) mass is 743 g/mol. The fourth-order valence-electron chi connectivity index (χ4n) is 8.30. The van der Waals surface area contributed by atoms with Crippen molar-refractivity contribution in [1.82, 2.24) is 9.80 Å². The second-order valence-corrected chi connectivity index (χ2v) is 15.3. The van der Waals surface area contributed by atoms with E-state index in [1.807, 2.05) is 0 Å². The van der Waals surface area contributed by atoms with E-state index in [2.05, 4.69) is 10.0 Å². The van der Waals surface area contributed by atoms with Crippen LogP contribution in [-0.2, 0) is 38.1 Å². The molecule has 0 radical (unpaired) electrons. The zero-order chi connectivity index (χ0) is 39.5. The molecule has 0 aromatic heterocycles. The minimum atomic E-state index is -3.22. The number of ether oxygens (including phenoxy) is 5. The summed E-state index contributed by atoms with van der Waals surface area (Å²) >= 11 is 0. The predicted octanol–water partition coefficient (Wildman–Crippen LogP) is 3.34. The number of nitrogens with zero attached hydrogens (tertiary/aromatic N) is 5. The van der Waals surface area contributed by atoms with Crippen molar-refractivity contribution in [3.63, 3.8) is 0 Å². The maximum atomic E-state index is 16.7. The molecule has 3 aliphatic heterocycles. The van der Waals surface area contributed by atoms with Gasteiger partial charge in [0.1, 0.15) is 18.0 Å². The first kappa shape index (κ1) is 43.5. The molecule has 3 fully saturated rings. The van der Waals surface area contributed by atoms with E-state index < -0.39 is 101 Å². The van der Waals surface area contributed by atoms with E-state index in [1.165, 1.54) is 25.9 Å². The Bertz CT molecular complexity index is 1360. The third-order valence-electron chi connectivity index (χ3n) is 11.3. The molecule has 0 spiro atoms. The number of carbonyl (C=O) groups excluding carboxylic acids is 4. The van der Waals surface area contributed by atoms with Crippen molar-refractivity contribution in [2.45, 2.75) is 147 Å².